The van der Waals surface area contributed by atoms with Crippen molar-refractivity contribution < 1.29 is 14.6 Å². The second-order valence-electron chi connectivity index (χ2n) is 7.09. The van der Waals surface area contributed by atoms with Crippen molar-refractivity contribution in [3.63, 3.8) is 0 Å². The number of fused-ring (bicyclic) bond motifs is 1. The van der Waals surface area contributed by atoms with Crippen LogP contribution in [0, 0.1) is 0 Å². The van der Waals surface area contributed by atoms with Crippen LogP contribution in [0.1, 0.15) is 34.4 Å². The molecule has 2 amide bonds. The Kier molecular flexibility index (Phi) is 5.77. The van der Waals surface area contributed by atoms with Crippen molar-refractivity contribution in [2.75, 3.05) is 13.2 Å². The Hall–Kier alpha value is -3.31. The molecule has 0 saturated heterocycles. The Bertz CT molecular complexity index is 921. The van der Waals surface area contributed by atoms with Gasteiger partial charge in [0, 0.05) is 13.0 Å². The lowest BCUT2D eigenvalue weighted by Gasteiger charge is -2.21. The van der Waals surface area contributed by atoms with Crippen LogP contribution in [0.15, 0.2) is 78.9 Å². The van der Waals surface area contributed by atoms with Crippen LogP contribution in [0.25, 0.3) is 0 Å². The monoisotopic (exact) mass is 388 g/mol. The first-order chi connectivity index (χ1) is 14.2. The molecule has 4 rings (SSSR count). The summed E-state index contributed by atoms with van der Waals surface area (Å²) >= 11 is 0. The number of hydrogen-bond acceptors (Lipinski definition) is 3. The summed E-state index contributed by atoms with van der Waals surface area (Å²) in [5.74, 6) is 0.875. The molecule has 0 aromatic heterocycles. The lowest BCUT2D eigenvalue weighted by molar-refractivity contribution is 0.172. The maximum atomic E-state index is 12.6. The summed E-state index contributed by atoms with van der Waals surface area (Å²) in [4.78, 5) is 12.6. The molecule has 0 bridgehead atoms. The largest absolute Gasteiger partial charge is 0.493 e. The van der Waals surface area contributed by atoms with Crippen LogP contribution < -0.4 is 15.4 Å². The average molecular weight is 388 g/mol. The van der Waals surface area contributed by atoms with Gasteiger partial charge in [0.25, 0.3) is 0 Å². The lowest BCUT2D eigenvalue weighted by atomic mass is 9.99. The summed E-state index contributed by atoms with van der Waals surface area (Å²) in [5, 5.41) is 16.3. The van der Waals surface area contributed by atoms with Gasteiger partial charge in [0.15, 0.2) is 0 Å². The van der Waals surface area contributed by atoms with Gasteiger partial charge in [0.2, 0.25) is 0 Å². The number of aliphatic hydroxyl groups excluding tert-OH is 1. The van der Waals surface area contributed by atoms with Crippen molar-refractivity contribution in [1.82, 2.24) is 10.6 Å². The summed E-state index contributed by atoms with van der Waals surface area (Å²) in [7, 11) is 0. The number of nitrogens with one attached hydrogen (secondary N) is 2. The molecule has 148 valence electrons. The standard InChI is InChI=1S/C24H24N2O3/c27-21(19-11-12-22-20(15-19)13-14-29-22)16-25-24(28)26-23(17-7-3-1-4-8-17)18-9-5-2-6-10-18/h1-12,15,21,23,27H,13-14,16H2,(H2,25,26,28). The number of carbonyl (C=O) groups excluding carboxylic acids is 1. The van der Waals surface area contributed by atoms with Crippen molar-refractivity contribution in [2.45, 2.75) is 18.6 Å². The number of benzene rings is 3. The predicted molar refractivity (Wildman–Crippen MR) is 112 cm³/mol. The molecule has 1 atom stereocenters. The van der Waals surface area contributed by atoms with E-state index in [1.54, 1.807) is 0 Å². The van der Waals surface area contributed by atoms with E-state index in [9.17, 15) is 9.90 Å². The van der Waals surface area contributed by atoms with Gasteiger partial charge in [-0.3, -0.25) is 0 Å². The second-order valence-corrected chi connectivity index (χ2v) is 7.09. The van der Waals surface area contributed by atoms with E-state index in [1.807, 2.05) is 78.9 Å². The molecule has 0 fully saturated rings. The Morgan fingerprint density at radius 3 is 2.24 bits per heavy atom. The molecule has 5 nitrogen and oxygen atoms in total. The maximum Gasteiger partial charge on any atom is 0.315 e. The fourth-order valence-electron chi connectivity index (χ4n) is 3.55. The van der Waals surface area contributed by atoms with Crippen LogP contribution in [0.3, 0.4) is 0 Å². The highest BCUT2D eigenvalue weighted by molar-refractivity contribution is 5.75. The Balaban J connectivity index is 1.40. The minimum Gasteiger partial charge on any atom is -0.493 e. The molecule has 1 aliphatic heterocycles. The third kappa shape index (κ3) is 4.58. The van der Waals surface area contributed by atoms with Crippen LogP contribution in [0.5, 0.6) is 5.75 Å². The predicted octanol–water partition coefficient (Wildman–Crippen LogP) is 3.74. The number of amides is 2. The highest BCUT2D eigenvalue weighted by Crippen LogP contribution is 2.28. The molecule has 29 heavy (non-hydrogen) atoms. The molecular weight excluding hydrogens is 364 g/mol. The molecule has 5 heteroatoms. The van der Waals surface area contributed by atoms with Crippen LogP contribution in [-0.2, 0) is 6.42 Å². The van der Waals surface area contributed by atoms with Crippen molar-refractivity contribution >= 4 is 6.03 Å². The number of ether oxygens (including phenoxy) is 1. The number of aliphatic hydroxyl groups is 1. The first-order valence-electron chi connectivity index (χ1n) is 9.78. The maximum absolute atomic E-state index is 12.6. The normalized spacial score (nSPS) is 13.4. The van der Waals surface area contributed by atoms with Gasteiger partial charge >= 0.3 is 6.03 Å². The van der Waals surface area contributed by atoms with Crippen LogP contribution >= 0.6 is 0 Å². The Morgan fingerprint density at radius 1 is 0.931 bits per heavy atom. The molecule has 0 saturated carbocycles. The Morgan fingerprint density at radius 2 is 1.59 bits per heavy atom. The summed E-state index contributed by atoms with van der Waals surface area (Å²) in [6, 6.07) is 24.7. The molecule has 3 aromatic carbocycles. The summed E-state index contributed by atoms with van der Waals surface area (Å²) in [5.41, 5.74) is 3.86. The molecule has 1 heterocycles. The van der Waals surface area contributed by atoms with Crippen molar-refractivity contribution in [2.24, 2.45) is 0 Å². The molecule has 1 unspecified atom stereocenters. The minimum atomic E-state index is -0.779. The topological polar surface area (TPSA) is 70.6 Å². The van der Waals surface area contributed by atoms with E-state index >= 15 is 0 Å². The SMILES string of the molecule is O=C(NCC(O)c1ccc2c(c1)CCO2)NC(c1ccccc1)c1ccccc1. The number of carbonyl (C=O) groups is 1. The minimum absolute atomic E-state index is 0.127. The highest BCUT2D eigenvalue weighted by atomic mass is 16.5. The van der Waals surface area contributed by atoms with Gasteiger partial charge in [-0.05, 0) is 34.4 Å². The van der Waals surface area contributed by atoms with Gasteiger partial charge in [-0.25, -0.2) is 4.79 Å². The number of hydrogen-bond donors (Lipinski definition) is 3. The van der Waals surface area contributed by atoms with Crippen LogP contribution in [0.4, 0.5) is 4.79 Å². The van der Waals surface area contributed by atoms with E-state index in [-0.39, 0.29) is 18.6 Å². The molecule has 0 radical (unpaired) electrons. The van der Waals surface area contributed by atoms with Gasteiger partial charge in [0.05, 0.1) is 18.8 Å². The van der Waals surface area contributed by atoms with E-state index in [2.05, 4.69) is 10.6 Å². The smallest absolute Gasteiger partial charge is 0.315 e. The number of urea groups is 1. The fraction of sp³-hybridized carbons (Fsp3) is 0.208. The second kappa shape index (κ2) is 8.80. The molecule has 1 aliphatic rings. The quantitative estimate of drug-likeness (QED) is 0.602. The van der Waals surface area contributed by atoms with E-state index in [1.165, 1.54) is 0 Å². The zero-order chi connectivity index (χ0) is 20.1. The van der Waals surface area contributed by atoms with Gasteiger partial charge in [-0.15, -0.1) is 0 Å². The highest BCUT2D eigenvalue weighted by Gasteiger charge is 2.19. The van der Waals surface area contributed by atoms with E-state index in [4.69, 9.17) is 4.74 Å². The van der Waals surface area contributed by atoms with Gasteiger partial charge < -0.3 is 20.5 Å². The van der Waals surface area contributed by atoms with Crippen molar-refractivity contribution in [3.8, 4) is 5.75 Å². The van der Waals surface area contributed by atoms with E-state index in [0.717, 1.165) is 34.4 Å². The molecular formula is C24H24N2O3. The third-order valence-corrected chi connectivity index (χ3v) is 5.10. The van der Waals surface area contributed by atoms with Gasteiger partial charge in [-0.2, -0.15) is 0 Å². The van der Waals surface area contributed by atoms with Gasteiger partial charge in [-0.1, -0.05) is 66.7 Å². The summed E-state index contributed by atoms with van der Waals surface area (Å²) in [6.45, 7) is 0.803. The zero-order valence-corrected chi connectivity index (χ0v) is 16.0. The molecule has 3 N–H and O–H groups in total. The molecule has 3 aromatic rings. The van der Waals surface area contributed by atoms with E-state index < -0.39 is 6.10 Å². The third-order valence-electron chi connectivity index (χ3n) is 5.10. The van der Waals surface area contributed by atoms with Gasteiger partial charge in [0.1, 0.15) is 5.75 Å². The summed E-state index contributed by atoms with van der Waals surface area (Å²) < 4.78 is 5.50. The molecule has 0 aliphatic carbocycles. The molecule has 0 spiro atoms. The Labute approximate surface area is 170 Å². The van der Waals surface area contributed by atoms with E-state index in [0.29, 0.717) is 6.61 Å². The number of rotatable bonds is 6. The van der Waals surface area contributed by atoms with Crippen LogP contribution in [-0.4, -0.2) is 24.3 Å². The first-order valence-corrected chi connectivity index (χ1v) is 9.78. The zero-order valence-electron chi connectivity index (χ0n) is 16.0. The average Bonchev–Trinajstić information content (AvgIpc) is 3.25. The fourth-order valence-corrected chi connectivity index (χ4v) is 3.55. The lowest BCUT2D eigenvalue weighted by Crippen LogP contribution is -2.40. The summed E-state index contributed by atoms with van der Waals surface area (Å²) in [6.07, 6.45) is 0.0677. The van der Waals surface area contributed by atoms with Crippen molar-refractivity contribution in [1.29, 1.82) is 0 Å². The first kappa shape index (κ1) is 19.0. The van der Waals surface area contributed by atoms with Crippen LogP contribution in [0.2, 0.25) is 0 Å². The van der Waals surface area contributed by atoms with Crippen molar-refractivity contribution in [3.05, 3.63) is 101 Å².